The molecule has 0 amide bonds. The third kappa shape index (κ3) is 3.49. The van der Waals surface area contributed by atoms with E-state index in [2.05, 4.69) is 37.4 Å². The lowest BCUT2D eigenvalue weighted by molar-refractivity contribution is 0.408. The molecule has 0 aliphatic heterocycles. The maximum Gasteiger partial charge on any atom is 0.122 e. The van der Waals surface area contributed by atoms with Gasteiger partial charge in [0, 0.05) is 6.04 Å². The van der Waals surface area contributed by atoms with Gasteiger partial charge < -0.3 is 10.1 Å². The van der Waals surface area contributed by atoms with E-state index in [1.807, 2.05) is 0 Å². The second kappa shape index (κ2) is 6.24. The molecule has 1 atom stereocenters. The van der Waals surface area contributed by atoms with Gasteiger partial charge >= 0.3 is 0 Å². The fraction of sp³-hybridized carbons (Fsp3) is 0.625. The predicted molar refractivity (Wildman–Crippen MR) is 76.1 cm³/mol. The molecular weight excluding hydrogens is 222 g/mol. The van der Waals surface area contributed by atoms with Crippen molar-refractivity contribution in [3.8, 4) is 5.75 Å². The van der Waals surface area contributed by atoms with Crippen LogP contribution < -0.4 is 10.1 Å². The molecule has 0 spiro atoms. The summed E-state index contributed by atoms with van der Waals surface area (Å²) >= 11 is 0. The van der Waals surface area contributed by atoms with Gasteiger partial charge in [0.15, 0.2) is 0 Å². The zero-order valence-corrected chi connectivity index (χ0v) is 11.8. The van der Waals surface area contributed by atoms with Gasteiger partial charge in [0.05, 0.1) is 7.11 Å². The van der Waals surface area contributed by atoms with Crippen LogP contribution in [-0.4, -0.2) is 13.7 Å². The van der Waals surface area contributed by atoms with Crippen LogP contribution in [-0.2, 0) is 0 Å². The van der Waals surface area contributed by atoms with Gasteiger partial charge in [-0.3, -0.25) is 0 Å². The first-order valence-electron chi connectivity index (χ1n) is 7.12. The first-order chi connectivity index (χ1) is 8.74. The van der Waals surface area contributed by atoms with Crippen molar-refractivity contribution in [1.82, 2.24) is 5.32 Å². The Hall–Kier alpha value is -1.02. The zero-order chi connectivity index (χ0) is 13.0. The maximum atomic E-state index is 5.42. The Balaban J connectivity index is 2.07. The molecule has 1 fully saturated rings. The Kier molecular flexibility index (Phi) is 4.65. The van der Waals surface area contributed by atoms with Crippen LogP contribution in [0.4, 0.5) is 0 Å². The van der Waals surface area contributed by atoms with Gasteiger partial charge in [0.1, 0.15) is 5.75 Å². The third-order valence-electron chi connectivity index (χ3n) is 3.85. The van der Waals surface area contributed by atoms with E-state index < -0.39 is 0 Å². The molecule has 2 nitrogen and oxygen atoms in total. The van der Waals surface area contributed by atoms with Gasteiger partial charge in [-0.05, 0) is 49.4 Å². The lowest BCUT2D eigenvalue weighted by Gasteiger charge is -2.19. The summed E-state index contributed by atoms with van der Waals surface area (Å²) in [4.78, 5) is 0. The van der Waals surface area contributed by atoms with Crippen molar-refractivity contribution in [1.29, 1.82) is 0 Å². The molecule has 0 saturated heterocycles. The quantitative estimate of drug-likeness (QED) is 0.790. The van der Waals surface area contributed by atoms with Crippen molar-refractivity contribution in [2.24, 2.45) is 5.92 Å². The fourth-order valence-corrected chi connectivity index (χ4v) is 2.50. The number of aryl methyl sites for hydroxylation is 1. The summed E-state index contributed by atoms with van der Waals surface area (Å²) in [5.41, 5.74) is 2.57. The Morgan fingerprint density at radius 2 is 2.17 bits per heavy atom. The van der Waals surface area contributed by atoms with Gasteiger partial charge in [0.2, 0.25) is 0 Å². The molecule has 1 aromatic rings. The molecule has 18 heavy (non-hydrogen) atoms. The Morgan fingerprint density at radius 3 is 2.78 bits per heavy atom. The molecule has 1 unspecified atom stereocenters. The summed E-state index contributed by atoms with van der Waals surface area (Å²) in [5, 5.41) is 3.60. The molecule has 1 aliphatic rings. The molecule has 1 saturated carbocycles. The minimum absolute atomic E-state index is 0.477. The van der Waals surface area contributed by atoms with Crippen LogP contribution >= 0.6 is 0 Å². The molecule has 0 radical (unpaired) electrons. The van der Waals surface area contributed by atoms with Crippen molar-refractivity contribution in [2.45, 2.75) is 45.6 Å². The van der Waals surface area contributed by atoms with Crippen LogP contribution in [0.3, 0.4) is 0 Å². The number of rotatable bonds is 7. The fourth-order valence-electron chi connectivity index (χ4n) is 2.50. The summed E-state index contributed by atoms with van der Waals surface area (Å²) in [6.07, 6.45) is 5.48. The zero-order valence-electron chi connectivity index (χ0n) is 11.8. The highest BCUT2D eigenvalue weighted by Gasteiger charge is 2.23. The normalized spacial score (nSPS) is 16.6. The van der Waals surface area contributed by atoms with Crippen molar-refractivity contribution in [3.63, 3.8) is 0 Å². The molecule has 0 aromatic heterocycles. The number of benzene rings is 1. The molecule has 2 heteroatoms. The van der Waals surface area contributed by atoms with Gasteiger partial charge in [-0.15, -0.1) is 0 Å². The summed E-state index contributed by atoms with van der Waals surface area (Å²) in [6, 6.07) is 7.06. The van der Waals surface area contributed by atoms with Crippen molar-refractivity contribution >= 4 is 0 Å². The smallest absolute Gasteiger partial charge is 0.122 e. The standard InChI is InChI=1S/C16H25NO/c1-4-17-15(10-8-13-6-7-13)14-9-5-12(2)16(11-14)18-3/h5,9,11,13,15,17H,4,6-8,10H2,1-3H3. The van der Waals surface area contributed by atoms with Gasteiger partial charge in [0.25, 0.3) is 0 Å². The van der Waals surface area contributed by atoms with E-state index in [4.69, 9.17) is 4.74 Å². The predicted octanol–water partition coefficient (Wildman–Crippen LogP) is 3.84. The molecule has 0 bridgehead atoms. The second-order valence-electron chi connectivity index (χ2n) is 5.36. The molecule has 2 rings (SSSR count). The number of hydrogen-bond acceptors (Lipinski definition) is 2. The maximum absolute atomic E-state index is 5.42. The van der Waals surface area contributed by atoms with Gasteiger partial charge in [-0.25, -0.2) is 0 Å². The van der Waals surface area contributed by atoms with Crippen LogP contribution in [0.5, 0.6) is 5.75 Å². The average Bonchev–Trinajstić information content (AvgIpc) is 3.19. The molecule has 1 N–H and O–H groups in total. The molecule has 1 aliphatic carbocycles. The minimum atomic E-state index is 0.477. The SMILES string of the molecule is CCNC(CCC1CC1)c1ccc(C)c(OC)c1. The van der Waals surface area contributed by atoms with E-state index in [1.165, 1.54) is 36.8 Å². The van der Waals surface area contributed by atoms with Crippen LogP contribution in [0.25, 0.3) is 0 Å². The highest BCUT2D eigenvalue weighted by molar-refractivity contribution is 5.37. The van der Waals surface area contributed by atoms with Crippen LogP contribution in [0.15, 0.2) is 18.2 Å². The van der Waals surface area contributed by atoms with Crippen LogP contribution in [0.1, 0.15) is 49.8 Å². The number of methoxy groups -OCH3 is 1. The Labute approximate surface area is 111 Å². The highest BCUT2D eigenvalue weighted by atomic mass is 16.5. The summed E-state index contributed by atoms with van der Waals surface area (Å²) in [6.45, 7) is 5.29. The van der Waals surface area contributed by atoms with Crippen molar-refractivity contribution < 1.29 is 4.74 Å². The van der Waals surface area contributed by atoms with Crippen molar-refractivity contribution in [2.75, 3.05) is 13.7 Å². The summed E-state index contributed by atoms with van der Waals surface area (Å²) in [5.74, 6) is 2.00. The monoisotopic (exact) mass is 247 g/mol. The molecular formula is C16H25NO. The highest BCUT2D eigenvalue weighted by Crippen LogP contribution is 2.36. The molecule has 0 heterocycles. The van der Waals surface area contributed by atoms with E-state index >= 15 is 0 Å². The van der Waals surface area contributed by atoms with E-state index in [9.17, 15) is 0 Å². The summed E-state index contributed by atoms with van der Waals surface area (Å²) in [7, 11) is 1.75. The van der Waals surface area contributed by atoms with Crippen LogP contribution in [0.2, 0.25) is 0 Å². The topological polar surface area (TPSA) is 21.3 Å². The van der Waals surface area contributed by atoms with Crippen LogP contribution in [0, 0.1) is 12.8 Å². The molecule has 100 valence electrons. The van der Waals surface area contributed by atoms with E-state index in [-0.39, 0.29) is 0 Å². The first kappa shape index (κ1) is 13.4. The lowest BCUT2D eigenvalue weighted by Crippen LogP contribution is -2.21. The lowest BCUT2D eigenvalue weighted by atomic mass is 9.99. The Morgan fingerprint density at radius 1 is 1.39 bits per heavy atom. The Bertz CT molecular complexity index is 385. The minimum Gasteiger partial charge on any atom is -0.496 e. The second-order valence-corrected chi connectivity index (χ2v) is 5.36. The molecule has 1 aromatic carbocycles. The first-order valence-corrected chi connectivity index (χ1v) is 7.12. The van der Waals surface area contributed by atoms with E-state index in [1.54, 1.807) is 7.11 Å². The average molecular weight is 247 g/mol. The van der Waals surface area contributed by atoms with E-state index in [0.29, 0.717) is 6.04 Å². The van der Waals surface area contributed by atoms with Gasteiger partial charge in [-0.2, -0.15) is 0 Å². The third-order valence-corrected chi connectivity index (χ3v) is 3.85. The number of ether oxygens (including phenoxy) is 1. The number of hydrogen-bond donors (Lipinski definition) is 1. The summed E-state index contributed by atoms with van der Waals surface area (Å²) < 4.78 is 5.42. The van der Waals surface area contributed by atoms with E-state index in [0.717, 1.165) is 18.2 Å². The number of nitrogens with one attached hydrogen (secondary N) is 1. The van der Waals surface area contributed by atoms with Crippen molar-refractivity contribution in [3.05, 3.63) is 29.3 Å². The van der Waals surface area contributed by atoms with Gasteiger partial charge in [-0.1, -0.05) is 31.9 Å². The largest absolute Gasteiger partial charge is 0.496 e.